The van der Waals surface area contributed by atoms with Crippen LogP contribution < -0.4 is 15.4 Å². The largest absolute Gasteiger partial charge is 0.480 e. The highest BCUT2D eigenvalue weighted by Gasteiger charge is 2.09. The van der Waals surface area contributed by atoms with Crippen molar-refractivity contribution in [2.24, 2.45) is 0 Å². The van der Waals surface area contributed by atoms with E-state index >= 15 is 0 Å². The first-order valence-corrected chi connectivity index (χ1v) is 8.26. The summed E-state index contributed by atoms with van der Waals surface area (Å²) in [5.41, 5.74) is 3.10. The van der Waals surface area contributed by atoms with Gasteiger partial charge >= 0.3 is 0 Å². The zero-order valence-corrected chi connectivity index (χ0v) is 14.6. The Morgan fingerprint density at radius 1 is 0.923 bits per heavy atom. The summed E-state index contributed by atoms with van der Waals surface area (Å²) in [7, 11) is 1.50. The van der Waals surface area contributed by atoms with Gasteiger partial charge in [0.25, 0.3) is 5.91 Å². The molecule has 0 saturated heterocycles. The van der Waals surface area contributed by atoms with Gasteiger partial charge in [0.05, 0.1) is 7.11 Å². The number of methoxy groups -OCH3 is 1. The number of rotatable bonds is 6. The predicted octanol–water partition coefficient (Wildman–Crippen LogP) is 3.91. The molecule has 2 aromatic carbocycles. The molecule has 6 heteroatoms. The van der Waals surface area contributed by atoms with Gasteiger partial charge in [-0.1, -0.05) is 30.3 Å². The summed E-state index contributed by atoms with van der Waals surface area (Å²) in [5, 5.41) is 13.9. The fourth-order valence-corrected chi connectivity index (χ4v) is 2.47. The number of hydrogen-bond donors (Lipinski definition) is 2. The van der Waals surface area contributed by atoms with Crippen LogP contribution in [-0.4, -0.2) is 23.2 Å². The van der Waals surface area contributed by atoms with Crippen molar-refractivity contribution in [3.05, 3.63) is 78.0 Å². The Morgan fingerprint density at radius 3 is 2.23 bits per heavy atom. The minimum absolute atomic E-state index is 0.186. The summed E-state index contributed by atoms with van der Waals surface area (Å²) in [6.45, 7) is 2.10. The molecular weight excluding hydrogens is 328 g/mol. The van der Waals surface area contributed by atoms with E-state index in [1.165, 1.54) is 12.7 Å². The summed E-state index contributed by atoms with van der Waals surface area (Å²) in [6, 6.07) is 21.1. The van der Waals surface area contributed by atoms with E-state index in [0.717, 1.165) is 5.69 Å². The molecule has 1 unspecified atom stereocenters. The molecule has 132 valence electrons. The molecule has 0 bridgehead atoms. The Kier molecular flexibility index (Phi) is 5.43. The first kappa shape index (κ1) is 17.4. The van der Waals surface area contributed by atoms with Gasteiger partial charge in [0, 0.05) is 23.5 Å². The van der Waals surface area contributed by atoms with Crippen LogP contribution in [0.3, 0.4) is 0 Å². The lowest BCUT2D eigenvalue weighted by atomic mass is 10.1. The van der Waals surface area contributed by atoms with Crippen LogP contribution >= 0.6 is 0 Å². The maximum atomic E-state index is 12.2. The molecule has 1 amide bonds. The Balaban J connectivity index is 1.61. The summed E-state index contributed by atoms with van der Waals surface area (Å²) < 4.78 is 4.93. The lowest BCUT2D eigenvalue weighted by Gasteiger charge is -2.16. The average molecular weight is 348 g/mol. The molecule has 0 aliphatic heterocycles. The molecule has 1 heterocycles. The number of nitrogens with one attached hydrogen (secondary N) is 2. The number of anilines is 2. The number of nitrogens with zero attached hydrogens (tertiary/aromatic N) is 2. The topological polar surface area (TPSA) is 76.1 Å². The highest BCUT2D eigenvalue weighted by molar-refractivity contribution is 6.02. The second kappa shape index (κ2) is 8.11. The van der Waals surface area contributed by atoms with Crippen LogP contribution in [0.2, 0.25) is 0 Å². The molecule has 3 rings (SSSR count). The fourth-order valence-electron chi connectivity index (χ4n) is 2.47. The normalized spacial score (nSPS) is 11.5. The van der Waals surface area contributed by atoms with E-state index in [0.29, 0.717) is 11.6 Å². The Morgan fingerprint density at radius 2 is 1.62 bits per heavy atom. The van der Waals surface area contributed by atoms with Gasteiger partial charge in [-0.15, -0.1) is 10.2 Å². The quantitative estimate of drug-likeness (QED) is 0.706. The lowest BCUT2D eigenvalue weighted by molar-refractivity contribution is 0.102. The number of hydrogen-bond acceptors (Lipinski definition) is 5. The van der Waals surface area contributed by atoms with Crippen molar-refractivity contribution >= 4 is 17.3 Å². The highest BCUT2D eigenvalue weighted by Crippen LogP contribution is 2.21. The van der Waals surface area contributed by atoms with Gasteiger partial charge in [0.2, 0.25) is 5.88 Å². The van der Waals surface area contributed by atoms with Gasteiger partial charge in [-0.05, 0) is 42.8 Å². The number of ether oxygens (including phenoxy) is 1. The van der Waals surface area contributed by atoms with E-state index in [2.05, 4.69) is 39.9 Å². The van der Waals surface area contributed by atoms with Gasteiger partial charge in [-0.2, -0.15) is 0 Å². The van der Waals surface area contributed by atoms with Crippen LogP contribution in [0.25, 0.3) is 0 Å². The summed E-state index contributed by atoms with van der Waals surface area (Å²) in [5.74, 6) is 0.0445. The van der Waals surface area contributed by atoms with Crippen molar-refractivity contribution in [2.45, 2.75) is 13.0 Å². The van der Waals surface area contributed by atoms with Crippen molar-refractivity contribution in [2.75, 3.05) is 17.7 Å². The van der Waals surface area contributed by atoms with Crippen molar-refractivity contribution < 1.29 is 9.53 Å². The Labute approximate surface area is 152 Å². The average Bonchev–Trinajstić information content (AvgIpc) is 2.70. The zero-order chi connectivity index (χ0) is 18.4. The first-order valence-electron chi connectivity index (χ1n) is 8.26. The Bertz CT molecular complexity index is 849. The van der Waals surface area contributed by atoms with E-state index < -0.39 is 0 Å². The van der Waals surface area contributed by atoms with Gasteiger partial charge < -0.3 is 15.4 Å². The maximum Gasteiger partial charge on any atom is 0.276 e. The van der Waals surface area contributed by atoms with Gasteiger partial charge in [0.15, 0.2) is 5.69 Å². The molecule has 1 aromatic heterocycles. The van der Waals surface area contributed by atoms with Crippen LogP contribution in [0, 0.1) is 0 Å². The second-order valence-electron chi connectivity index (χ2n) is 5.77. The van der Waals surface area contributed by atoms with Gasteiger partial charge in [-0.3, -0.25) is 4.79 Å². The fraction of sp³-hybridized carbons (Fsp3) is 0.150. The molecule has 3 aromatic rings. The SMILES string of the molecule is COc1ccc(C(=O)Nc2ccc(NC(C)c3ccccc3)cc2)nn1. The van der Waals surface area contributed by atoms with Gasteiger partial charge in [-0.25, -0.2) is 0 Å². The van der Waals surface area contributed by atoms with Gasteiger partial charge in [0.1, 0.15) is 0 Å². The number of carbonyl (C=O) groups is 1. The van der Waals surface area contributed by atoms with E-state index in [4.69, 9.17) is 4.74 Å². The minimum Gasteiger partial charge on any atom is -0.480 e. The molecule has 0 spiro atoms. The van der Waals surface area contributed by atoms with E-state index in [-0.39, 0.29) is 17.6 Å². The number of benzene rings is 2. The minimum atomic E-state index is -0.321. The molecule has 0 aliphatic carbocycles. The third kappa shape index (κ3) is 4.36. The third-order valence-corrected chi connectivity index (χ3v) is 3.91. The third-order valence-electron chi connectivity index (χ3n) is 3.91. The standard InChI is InChI=1S/C20H20N4O2/c1-14(15-6-4-3-5-7-15)21-16-8-10-17(11-9-16)22-20(25)18-12-13-19(26-2)24-23-18/h3-14,21H,1-2H3,(H,22,25). The summed E-state index contributed by atoms with van der Waals surface area (Å²) >= 11 is 0. The molecule has 26 heavy (non-hydrogen) atoms. The van der Waals surface area contributed by atoms with E-state index in [1.54, 1.807) is 12.1 Å². The molecule has 0 fully saturated rings. The first-order chi connectivity index (χ1) is 12.7. The number of carbonyl (C=O) groups excluding carboxylic acids is 1. The second-order valence-corrected chi connectivity index (χ2v) is 5.77. The highest BCUT2D eigenvalue weighted by atomic mass is 16.5. The molecule has 6 nitrogen and oxygen atoms in total. The molecule has 2 N–H and O–H groups in total. The van der Waals surface area contributed by atoms with Crippen LogP contribution in [0.15, 0.2) is 66.7 Å². The van der Waals surface area contributed by atoms with Crippen molar-refractivity contribution in [3.8, 4) is 5.88 Å². The van der Waals surface area contributed by atoms with Crippen LogP contribution in [0.4, 0.5) is 11.4 Å². The smallest absolute Gasteiger partial charge is 0.276 e. The molecule has 0 saturated carbocycles. The van der Waals surface area contributed by atoms with Crippen LogP contribution in [0.5, 0.6) is 5.88 Å². The molecule has 0 radical (unpaired) electrons. The Hall–Kier alpha value is -3.41. The monoisotopic (exact) mass is 348 g/mol. The lowest BCUT2D eigenvalue weighted by Crippen LogP contribution is -2.14. The van der Waals surface area contributed by atoms with Crippen LogP contribution in [-0.2, 0) is 0 Å². The van der Waals surface area contributed by atoms with Crippen molar-refractivity contribution in [3.63, 3.8) is 0 Å². The van der Waals surface area contributed by atoms with Crippen molar-refractivity contribution in [1.82, 2.24) is 10.2 Å². The summed E-state index contributed by atoms with van der Waals surface area (Å²) in [4.78, 5) is 12.2. The predicted molar refractivity (Wildman–Crippen MR) is 101 cm³/mol. The summed E-state index contributed by atoms with van der Waals surface area (Å²) in [6.07, 6.45) is 0. The maximum absolute atomic E-state index is 12.2. The van der Waals surface area contributed by atoms with Crippen molar-refractivity contribution in [1.29, 1.82) is 0 Å². The zero-order valence-electron chi connectivity index (χ0n) is 14.6. The van der Waals surface area contributed by atoms with E-state index in [9.17, 15) is 4.79 Å². The van der Waals surface area contributed by atoms with Crippen LogP contribution in [0.1, 0.15) is 29.0 Å². The molecular formula is C20H20N4O2. The van der Waals surface area contributed by atoms with E-state index in [1.807, 2.05) is 42.5 Å². The number of aromatic nitrogens is 2. The molecule has 0 aliphatic rings. The molecule has 1 atom stereocenters. The number of amides is 1.